The second kappa shape index (κ2) is 11.2. The number of aromatic nitrogens is 1. The molecule has 0 radical (unpaired) electrons. The van der Waals surface area contributed by atoms with Gasteiger partial charge in [0.05, 0.1) is 12.7 Å². The van der Waals surface area contributed by atoms with Crippen LogP contribution in [-0.4, -0.2) is 38.1 Å². The van der Waals surface area contributed by atoms with Gasteiger partial charge in [0.25, 0.3) is 0 Å². The molecule has 1 aromatic carbocycles. The Bertz CT molecular complexity index is 694. The normalized spacial score (nSPS) is 11.7. The number of guanidine groups is 1. The molecule has 7 heteroatoms. The Hall–Kier alpha value is -1.77. The second-order valence-electron chi connectivity index (χ2n) is 7.33. The lowest BCUT2D eigenvalue weighted by molar-refractivity contribution is 0.379. The summed E-state index contributed by atoms with van der Waals surface area (Å²) in [7, 11) is 3.87. The first-order valence-electron chi connectivity index (χ1n) is 9.06. The molecule has 0 amide bonds. The van der Waals surface area contributed by atoms with Crippen LogP contribution in [0.5, 0.6) is 0 Å². The van der Waals surface area contributed by atoms with E-state index in [1.807, 2.05) is 6.07 Å². The number of benzene rings is 1. The Morgan fingerprint density at radius 1 is 1.19 bits per heavy atom. The first kappa shape index (κ1) is 23.3. The average Bonchev–Trinajstić information content (AvgIpc) is 3.11. The van der Waals surface area contributed by atoms with Gasteiger partial charge in [-0.2, -0.15) is 0 Å². The molecule has 0 unspecified atom stereocenters. The van der Waals surface area contributed by atoms with Crippen molar-refractivity contribution in [3.05, 3.63) is 48.2 Å². The van der Waals surface area contributed by atoms with E-state index in [-0.39, 0.29) is 29.4 Å². The minimum atomic E-state index is -0.0318. The van der Waals surface area contributed by atoms with Crippen molar-refractivity contribution in [1.29, 1.82) is 0 Å². The minimum absolute atomic E-state index is 0. The number of oxazole rings is 1. The van der Waals surface area contributed by atoms with Gasteiger partial charge in [0, 0.05) is 38.3 Å². The number of hydrogen-bond acceptors (Lipinski definition) is 4. The van der Waals surface area contributed by atoms with Gasteiger partial charge in [-0.25, -0.2) is 4.98 Å². The summed E-state index contributed by atoms with van der Waals surface area (Å²) >= 11 is 0. The van der Waals surface area contributed by atoms with E-state index >= 15 is 0 Å². The summed E-state index contributed by atoms with van der Waals surface area (Å²) in [6, 6.07) is 10.4. The van der Waals surface area contributed by atoms with E-state index in [2.05, 4.69) is 77.6 Å². The van der Waals surface area contributed by atoms with Crippen LogP contribution >= 0.6 is 24.0 Å². The van der Waals surface area contributed by atoms with Crippen LogP contribution in [0.4, 0.5) is 5.69 Å². The molecule has 0 aliphatic rings. The Morgan fingerprint density at radius 2 is 1.89 bits per heavy atom. The first-order valence-corrected chi connectivity index (χ1v) is 9.06. The molecule has 0 aliphatic carbocycles. The Balaban J connectivity index is 0.00000364. The van der Waals surface area contributed by atoms with Gasteiger partial charge in [-0.3, -0.25) is 4.99 Å². The molecule has 0 spiro atoms. The van der Waals surface area contributed by atoms with Gasteiger partial charge >= 0.3 is 0 Å². The van der Waals surface area contributed by atoms with Crippen LogP contribution in [0.1, 0.15) is 38.8 Å². The van der Waals surface area contributed by atoms with E-state index in [0.29, 0.717) is 12.4 Å². The maximum atomic E-state index is 5.79. The van der Waals surface area contributed by atoms with Gasteiger partial charge < -0.3 is 20.0 Å². The number of nitrogens with zero attached hydrogens (tertiary/aromatic N) is 3. The highest BCUT2D eigenvalue weighted by atomic mass is 127. The lowest BCUT2D eigenvalue weighted by Gasteiger charge is -2.19. The second-order valence-corrected chi connectivity index (χ2v) is 7.33. The van der Waals surface area contributed by atoms with Crippen molar-refractivity contribution in [2.24, 2.45) is 4.99 Å². The van der Waals surface area contributed by atoms with Crippen LogP contribution in [0.15, 0.2) is 45.9 Å². The third-order valence-corrected chi connectivity index (χ3v) is 4.08. The molecule has 2 N–H and O–H groups in total. The standard InChI is InChI=1S/C20H31N5O.HI/c1-20(2,3)17-14-23-18(26-17)15-24-19(21-4)22-12-9-13-25(5)16-10-7-6-8-11-16;/h6-8,10-11,14H,9,12-13,15H2,1-5H3,(H2,21,22,24);1H. The van der Waals surface area contributed by atoms with Crippen molar-refractivity contribution >= 4 is 35.6 Å². The van der Waals surface area contributed by atoms with E-state index in [9.17, 15) is 0 Å². The van der Waals surface area contributed by atoms with Crippen molar-refractivity contribution < 1.29 is 4.42 Å². The van der Waals surface area contributed by atoms with Crippen molar-refractivity contribution in [1.82, 2.24) is 15.6 Å². The van der Waals surface area contributed by atoms with Gasteiger partial charge in [0.1, 0.15) is 5.76 Å². The highest BCUT2D eigenvalue weighted by Gasteiger charge is 2.19. The zero-order valence-electron chi connectivity index (χ0n) is 17.0. The third kappa shape index (κ3) is 7.78. The van der Waals surface area contributed by atoms with Crippen LogP contribution in [0.2, 0.25) is 0 Å². The molecule has 150 valence electrons. The fourth-order valence-corrected chi connectivity index (χ4v) is 2.45. The summed E-state index contributed by atoms with van der Waals surface area (Å²) in [6.07, 6.45) is 2.81. The van der Waals surface area contributed by atoms with Crippen molar-refractivity contribution in [3.8, 4) is 0 Å². The number of anilines is 1. The predicted molar refractivity (Wildman–Crippen MR) is 123 cm³/mol. The van der Waals surface area contributed by atoms with Crippen molar-refractivity contribution in [2.45, 2.75) is 39.2 Å². The van der Waals surface area contributed by atoms with E-state index in [1.165, 1.54) is 5.69 Å². The lowest BCUT2D eigenvalue weighted by Crippen LogP contribution is -2.38. The fourth-order valence-electron chi connectivity index (χ4n) is 2.45. The number of hydrogen-bond donors (Lipinski definition) is 2. The lowest BCUT2D eigenvalue weighted by atomic mass is 9.94. The largest absolute Gasteiger partial charge is 0.443 e. The van der Waals surface area contributed by atoms with Crippen LogP contribution in [-0.2, 0) is 12.0 Å². The third-order valence-electron chi connectivity index (χ3n) is 4.08. The number of rotatable bonds is 7. The molecule has 2 aromatic rings. The summed E-state index contributed by atoms with van der Waals surface area (Å²) in [5.74, 6) is 2.31. The Kier molecular flexibility index (Phi) is 9.62. The molecule has 0 bridgehead atoms. The molecule has 0 fully saturated rings. The molecule has 1 aromatic heterocycles. The summed E-state index contributed by atoms with van der Waals surface area (Å²) in [4.78, 5) is 10.8. The number of para-hydroxylation sites is 1. The molecule has 0 saturated carbocycles. The first-order chi connectivity index (χ1) is 12.4. The van der Waals surface area contributed by atoms with Crippen molar-refractivity contribution in [3.63, 3.8) is 0 Å². The number of halogens is 1. The highest BCUT2D eigenvalue weighted by Crippen LogP contribution is 2.22. The van der Waals surface area contributed by atoms with Gasteiger partial charge in [-0.1, -0.05) is 39.0 Å². The molecule has 0 saturated heterocycles. The zero-order valence-corrected chi connectivity index (χ0v) is 19.3. The molecule has 0 atom stereocenters. The smallest absolute Gasteiger partial charge is 0.213 e. The van der Waals surface area contributed by atoms with Gasteiger partial charge in [0.2, 0.25) is 5.89 Å². The topological polar surface area (TPSA) is 65.7 Å². The maximum absolute atomic E-state index is 5.79. The summed E-state index contributed by atoms with van der Waals surface area (Å²) < 4.78 is 5.79. The Labute approximate surface area is 179 Å². The quantitative estimate of drug-likeness (QED) is 0.271. The van der Waals surface area contributed by atoms with Crippen molar-refractivity contribution in [2.75, 3.05) is 32.1 Å². The zero-order chi connectivity index (χ0) is 19.0. The minimum Gasteiger partial charge on any atom is -0.443 e. The summed E-state index contributed by atoms with van der Waals surface area (Å²) in [5.41, 5.74) is 1.20. The SMILES string of the molecule is CN=C(NCCCN(C)c1ccccc1)NCc1ncc(C(C)(C)C)o1.I. The number of nitrogens with one attached hydrogen (secondary N) is 2. The monoisotopic (exact) mass is 485 g/mol. The number of aliphatic imine (C=N–C) groups is 1. The van der Waals surface area contributed by atoms with Crippen LogP contribution in [0.3, 0.4) is 0 Å². The van der Waals surface area contributed by atoms with Gasteiger partial charge in [0.15, 0.2) is 5.96 Å². The molecule has 2 rings (SSSR count). The van der Waals surface area contributed by atoms with E-state index in [4.69, 9.17) is 4.42 Å². The van der Waals surface area contributed by atoms with Gasteiger partial charge in [-0.05, 0) is 18.6 Å². The summed E-state index contributed by atoms with van der Waals surface area (Å²) in [5, 5.41) is 6.57. The Morgan fingerprint density at radius 3 is 2.48 bits per heavy atom. The molecule has 1 heterocycles. The van der Waals surface area contributed by atoms with Crippen LogP contribution in [0.25, 0.3) is 0 Å². The van der Waals surface area contributed by atoms with E-state index < -0.39 is 0 Å². The van der Waals surface area contributed by atoms with E-state index in [0.717, 1.165) is 31.2 Å². The average molecular weight is 485 g/mol. The van der Waals surface area contributed by atoms with E-state index in [1.54, 1.807) is 13.2 Å². The molecular weight excluding hydrogens is 453 g/mol. The molecule has 0 aliphatic heterocycles. The molecule has 6 nitrogen and oxygen atoms in total. The van der Waals surface area contributed by atoms with Crippen LogP contribution in [0, 0.1) is 0 Å². The maximum Gasteiger partial charge on any atom is 0.213 e. The molecular formula is C20H32IN5O. The summed E-state index contributed by atoms with van der Waals surface area (Å²) in [6.45, 7) is 8.66. The van der Waals surface area contributed by atoms with Gasteiger partial charge in [-0.15, -0.1) is 24.0 Å². The predicted octanol–water partition coefficient (Wildman–Crippen LogP) is 3.78. The molecule has 27 heavy (non-hydrogen) atoms. The highest BCUT2D eigenvalue weighted by molar-refractivity contribution is 14.0. The fraction of sp³-hybridized carbons (Fsp3) is 0.500. The van der Waals surface area contributed by atoms with Crippen LogP contribution < -0.4 is 15.5 Å².